The third-order valence-electron chi connectivity index (χ3n) is 19.5. The Morgan fingerprint density at radius 3 is 0.846 bits per heavy atom. The van der Waals surface area contributed by atoms with Crippen molar-refractivity contribution in [2.75, 3.05) is 96.9 Å². The van der Waals surface area contributed by atoms with Crippen LogP contribution in [-0.4, -0.2) is 185 Å². The lowest BCUT2D eigenvalue weighted by Gasteiger charge is -2.38. The van der Waals surface area contributed by atoms with Crippen LogP contribution in [0, 0.1) is 23.7 Å². The van der Waals surface area contributed by atoms with Crippen molar-refractivity contribution in [3.05, 3.63) is 192 Å². The summed E-state index contributed by atoms with van der Waals surface area (Å²) in [5, 5.41) is 33.3. The van der Waals surface area contributed by atoms with Gasteiger partial charge in [0, 0.05) is 103 Å². The summed E-state index contributed by atoms with van der Waals surface area (Å²) in [6, 6.07) is 20.7. The molecule has 0 saturated carbocycles. The van der Waals surface area contributed by atoms with E-state index in [2.05, 4.69) is 116 Å². The van der Waals surface area contributed by atoms with Gasteiger partial charge in [0.15, 0.2) is 0 Å². The van der Waals surface area contributed by atoms with E-state index in [4.69, 9.17) is 28.0 Å². The van der Waals surface area contributed by atoms with Gasteiger partial charge in [-0.3, -0.25) is 72.7 Å². The number of amides is 11. The molecule has 4 aliphatic heterocycles. The Kier molecular flexibility index (Phi) is 32.4. The minimum atomic E-state index is -1.63. The van der Waals surface area contributed by atoms with Gasteiger partial charge in [0.25, 0.3) is 0 Å². The largest absolute Gasteiger partial charge is 0.474 e. The minimum absolute atomic E-state index is 0.0817. The molecule has 0 radical (unpaired) electrons. The number of nitrogens with one attached hydrogen (secondary N) is 9. The maximum absolute atomic E-state index is 12.9. The summed E-state index contributed by atoms with van der Waals surface area (Å²) in [5.41, 5.74) is 26.0. The summed E-state index contributed by atoms with van der Waals surface area (Å²) in [4.78, 5) is 179. The fraction of sp³-hybridized carbons (Fsp3) is 0.350. The Balaban J connectivity index is 0.000000187. The third kappa shape index (κ3) is 25.8. The Morgan fingerprint density at radius 1 is 0.350 bits per heavy atom. The van der Waals surface area contributed by atoms with Crippen LogP contribution in [0.4, 0.5) is 46.0 Å². The van der Waals surface area contributed by atoms with Crippen LogP contribution in [-0.2, 0) is 38.4 Å². The molecule has 117 heavy (non-hydrogen) atoms. The molecule has 12 rings (SSSR count). The van der Waals surface area contributed by atoms with Crippen LogP contribution in [0.15, 0.2) is 147 Å². The maximum Gasteiger partial charge on any atom is 0.394 e. The molecule has 8 aromatic heterocycles. The molecule has 616 valence electrons. The summed E-state index contributed by atoms with van der Waals surface area (Å²) in [7, 11) is 7.24. The van der Waals surface area contributed by atoms with E-state index in [1.54, 1.807) is 54.4 Å². The molecule has 11 amide bonds. The number of aromatic nitrogens is 8. The molecule has 4 aliphatic rings. The second kappa shape index (κ2) is 42.8. The molecule has 8 aromatic rings. The average Bonchev–Trinajstić information content (AvgIpc) is 0.812. The number of likely N-dealkylation sites (tertiary alicyclic amines) is 3. The van der Waals surface area contributed by atoms with Crippen molar-refractivity contribution in [3.63, 3.8) is 0 Å². The standard InChI is InChI=1S/3C20H24N6O3.C12H19N3.C8H7N3O4/c3*1-12-3-5-16(13-4-6-17(22-2)24-9-13)26(11-12)20(29)19(28)25-15-7-14(18(21)27)8-23-10-15;1-9-3-5-11(14-7-9)10-4-6-12(13-2)15-8-10;9-6(12)4-1-5(3-10-2-4)11-7(13)8(14)15/h3*4,6-10,12,16H,3,5,11H2,1-2H3,(H2,21,27)(H,22,24)(H,25,28);4,6,8-9,11,14H,3,5,7H2,1-2H3,(H,13,15);1-3H,(H2,9,12)(H,11,13)(H,14,15)/t2*12-,16+;;;/m10.../s1. The van der Waals surface area contributed by atoms with Crippen LogP contribution in [0.3, 0.4) is 0 Å². The van der Waals surface area contributed by atoms with E-state index in [-0.39, 0.29) is 80.9 Å². The highest BCUT2D eigenvalue weighted by molar-refractivity contribution is 6.41. The summed E-state index contributed by atoms with van der Waals surface area (Å²) < 4.78 is 0. The molecule has 18 N–H and O–H groups in total. The van der Waals surface area contributed by atoms with Crippen LogP contribution in [0.5, 0.6) is 0 Å². The normalized spacial score (nSPS) is 18.5. The number of aliphatic carboxylic acids is 1. The van der Waals surface area contributed by atoms with Crippen molar-refractivity contribution in [1.29, 1.82) is 0 Å². The third-order valence-corrected chi connectivity index (χ3v) is 19.5. The molecular weight excluding hydrogens is 1510 g/mol. The number of piperidine rings is 4. The van der Waals surface area contributed by atoms with E-state index < -0.39 is 70.9 Å². The molecule has 0 aliphatic carbocycles. The van der Waals surface area contributed by atoms with Crippen LogP contribution in [0.2, 0.25) is 0 Å². The number of nitrogens with two attached hydrogens (primary N) is 4. The molecule has 4 unspecified atom stereocenters. The molecule has 8 atom stereocenters. The number of carboxylic acid groups (broad SMARTS) is 1. The first-order valence-electron chi connectivity index (χ1n) is 37.6. The summed E-state index contributed by atoms with van der Waals surface area (Å²) in [6.45, 7) is 11.0. The average molecular weight is 1600 g/mol. The quantitative estimate of drug-likeness (QED) is 0.0489. The Labute approximate surface area is 675 Å². The number of anilines is 8. The van der Waals surface area contributed by atoms with Gasteiger partial charge in [-0.1, -0.05) is 52.0 Å². The molecule has 12 heterocycles. The zero-order chi connectivity index (χ0) is 85.0. The number of nitrogens with zero attached hydrogens (tertiary/aromatic N) is 11. The van der Waals surface area contributed by atoms with Crippen LogP contribution in [0.25, 0.3) is 0 Å². The predicted molar refractivity (Wildman–Crippen MR) is 436 cm³/mol. The van der Waals surface area contributed by atoms with Crippen molar-refractivity contribution >= 4 is 117 Å². The number of hydrogen-bond donors (Lipinski definition) is 14. The smallest absolute Gasteiger partial charge is 0.394 e. The van der Waals surface area contributed by atoms with Crippen molar-refractivity contribution < 1.29 is 62.6 Å². The summed E-state index contributed by atoms with van der Waals surface area (Å²) in [5.74, 6) is -5.01. The number of primary amides is 4. The molecular formula is C80H98N24O13. The van der Waals surface area contributed by atoms with E-state index in [1.165, 1.54) is 92.2 Å². The first kappa shape index (κ1) is 88.6. The monoisotopic (exact) mass is 1600 g/mol. The Bertz CT molecular complexity index is 4460. The molecule has 37 nitrogen and oxygen atoms in total. The van der Waals surface area contributed by atoms with E-state index in [0.29, 0.717) is 25.7 Å². The highest BCUT2D eigenvalue weighted by atomic mass is 16.4. The second-order valence-electron chi connectivity index (χ2n) is 28.4. The van der Waals surface area contributed by atoms with Crippen LogP contribution < -0.4 is 70.8 Å². The van der Waals surface area contributed by atoms with Crippen LogP contribution >= 0.6 is 0 Å². The summed E-state index contributed by atoms with van der Waals surface area (Å²) >= 11 is 0. The van der Waals surface area contributed by atoms with Crippen molar-refractivity contribution in [2.45, 2.75) is 103 Å². The van der Waals surface area contributed by atoms with Crippen molar-refractivity contribution in [1.82, 2.24) is 59.9 Å². The van der Waals surface area contributed by atoms with E-state index in [0.717, 1.165) is 90.9 Å². The zero-order valence-corrected chi connectivity index (χ0v) is 66.0. The molecule has 4 saturated heterocycles. The van der Waals surface area contributed by atoms with Crippen LogP contribution in [0.1, 0.15) is 167 Å². The molecule has 0 aromatic carbocycles. The topological polar surface area (TPSA) is 550 Å². The lowest BCUT2D eigenvalue weighted by molar-refractivity contribution is -0.147. The van der Waals surface area contributed by atoms with Crippen molar-refractivity contribution in [3.8, 4) is 0 Å². The first-order valence-corrected chi connectivity index (χ1v) is 37.6. The van der Waals surface area contributed by atoms with Gasteiger partial charge in [0.05, 0.1) is 87.9 Å². The number of carboxylic acids is 1. The Morgan fingerprint density at radius 2 is 0.615 bits per heavy atom. The number of pyridine rings is 8. The van der Waals surface area contributed by atoms with Gasteiger partial charge in [0.2, 0.25) is 23.6 Å². The van der Waals surface area contributed by atoms with Gasteiger partial charge < -0.3 is 90.6 Å². The lowest BCUT2D eigenvalue weighted by atomic mass is 9.90. The molecule has 0 bridgehead atoms. The molecule has 4 fully saturated rings. The fourth-order valence-corrected chi connectivity index (χ4v) is 13.2. The molecule has 0 spiro atoms. The molecule has 37 heteroatoms. The van der Waals surface area contributed by atoms with Gasteiger partial charge in [-0.15, -0.1) is 0 Å². The minimum Gasteiger partial charge on any atom is -0.474 e. The van der Waals surface area contributed by atoms with Gasteiger partial charge in [-0.25, -0.2) is 24.7 Å². The number of rotatable bonds is 16. The first-order chi connectivity index (χ1) is 55.9. The highest BCUT2D eigenvalue weighted by Crippen LogP contribution is 2.37. The van der Waals surface area contributed by atoms with Gasteiger partial charge in [-0.05, 0) is 152 Å². The summed E-state index contributed by atoms with van der Waals surface area (Å²) in [6.07, 6.45) is 25.2. The van der Waals surface area contributed by atoms with E-state index in [9.17, 15) is 57.5 Å². The fourth-order valence-electron chi connectivity index (χ4n) is 13.2. The maximum atomic E-state index is 12.9. The van der Waals surface area contributed by atoms with Gasteiger partial charge in [0.1, 0.15) is 23.3 Å². The number of carbonyl (C=O) groups is 12. The second-order valence-corrected chi connectivity index (χ2v) is 28.4. The number of hydrogen-bond acceptors (Lipinski definition) is 25. The Hall–Kier alpha value is -14.0. The lowest BCUT2D eigenvalue weighted by Crippen LogP contribution is -2.46. The SMILES string of the molecule is CNc1ccc(C2CCC(C)CN2)cn1.CNc1ccc(C2CCC(C)CN2C(=O)C(=O)Nc2cncc(C(N)=O)c2)cn1.CNc1ccc([C@@H]2CC[C@@H](C)CN2C(=O)C(=O)Nc2cncc(C(N)=O)c2)cn1.CNc1ccc([C@H]2CC[C@H](C)CN2C(=O)C(=O)Nc2cncc(C(N)=O)c2)cn1.NC(=O)c1cncc(NC(=O)C(=O)O)c1. The van der Waals surface area contributed by atoms with Gasteiger partial charge >= 0.3 is 47.3 Å². The van der Waals surface area contributed by atoms with E-state index >= 15 is 0 Å². The predicted octanol–water partition coefficient (Wildman–Crippen LogP) is 6.05. The highest BCUT2D eigenvalue weighted by Gasteiger charge is 2.38. The van der Waals surface area contributed by atoms with Crippen molar-refractivity contribution in [2.24, 2.45) is 46.6 Å². The number of carbonyl (C=O) groups excluding carboxylic acids is 11. The zero-order valence-electron chi connectivity index (χ0n) is 66.0. The van der Waals surface area contributed by atoms with E-state index in [1.807, 2.05) is 61.0 Å². The van der Waals surface area contributed by atoms with Gasteiger partial charge in [-0.2, -0.15) is 0 Å².